The van der Waals surface area contributed by atoms with Gasteiger partial charge in [0.05, 0.1) is 0 Å². The number of nitrogens with zero attached hydrogens (tertiary/aromatic N) is 3. The molecule has 2 aromatic rings. The first-order valence-corrected chi connectivity index (χ1v) is 5.72. The Bertz CT molecular complexity index is 631. The molecule has 19 heavy (non-hydrogen) atoms. The Morgan fingerprint density at radius 1 is 1.37 bits per heavy atom. The SMILES string of the molecule is Cc1cc(Oc2nccnc2C(N)=NO)ccc1Cl. The number of oxime groups is 1. The number of halogens is 1. The van der Waals surface area contributed by atoms with Gasteiger partial charge in [-0.05, 0) is 30.7 Å². The Morgan fingerprint density at radius 2 is 2.11 bits per heavy atom. The molecular weight excluding hydrogens is 268 g/mol. The summed E-state index contributed by atoms with van der Waals surface area (Å²) in [5, 5.41) is 12.2. The summed E-state index contributed by atoms with van der Waals surface area (Å²) in [6, 6.07) is 5.17. The lowest BCUT2D eigenvalue weighted by atomic mass is 10.2. The summed E-state index contributed by atoms with van der Waals surface area (Å²) in [5.74, 6) is 0.516. The summed E-state index contributed by atoms with van der Waals surface area (Å²) in [5.41, 5.74) is 6.53. The van der Waals surface area contributed by atoms with E-state index in [1.165, 1.54) is 12.4 Å². The molecule has 1 heterocycles. The molecule has 2 rings (SSSR count). The molecule has 0 saturated heterocycles. The number of hydrogen-bond acceptors (Lipinski definition) is 5. The number of aromatic nitrogens is 2. The maximum Gasteiger partial charge on any atom is 0.249 e. The summed E-state index contributed by atoms with van der Waals surface area (Å²) in [6.07, 6.45) is 2.87. The summed E-state index contributed by atoms with van der Waals surface area (Å²) in [6.45, 7) is 1.86. The van der Waals surface area contributed by atoms with Crippen LogP contribution in [0.25, 0.3) is 0 Å². The van der Waals surface area contributed by atoms with Gasteiger partial charge in [-0.3, -0.25) is 0 Å². The second kappa shape index (κ2) is 5.53. The van der Waals surface area contributed by atoms with Gasteiger partial charge in [0.1, 0.15) is 5.75 Å². The van der Waals surface area contributed by atoms with Crippen LogP contribution in [-0.4, -0.2) is 21.0 Å². The molecule has 1 aromatic heterocycles. The van der Waals surface area contributed by atoms with Crippen LogP contribution in [0.1, 0.15) is 11.3 Å². The molecule has 0 aliphatic heterocycles. The van der Waals surface area contributed by atoms with E-state index in [0.29, 0.717) is 10.8 Å². The van der Waals surface area contributed by atoms with Crippen LogP contribution in [0.2, 0.25) is 5.02 Å². The number of aryl methyl sites for hydroxylation is 1. The van der Waals surface area contributed by atoms with Crippen LogP contribution in [-0.2, 0) is 0 Å². The Hall–Kier alpha value is -2.34. The highest BCUT2D eigenvalue weighted by Gasteiger charge is 2.12. The van der Waals surface area contributed by atoms with Crippen molar-refractivity contribution in [1.29, 1.82) is 0 Å². The standard InChI is InChI=1S/C12H11ClN4O2/c1-7-6-8(2-3-9(7)13)19-12-10(11(14)17-18)15-4-5-16-12/h2-6,18H,1H3,(H2,14,17). The highest BCUT2D eigenvalue weighted by Crippen LogP contribution is 2.25. The highest BCUT2D eigenvalue weighted by atomic mass is 35.5. The predicted octanol–water partition coefficient (Wildman–Crippen LogP) is 2.33. The van der Waals surface area contributed by atoms with Gasteiger partial charge in [-0.2, -0.15) is 0 Å². The number of nitrogens with two attached hydrogens (primary N) is 1. The van der Waals surface area contributed by atoms with Crippen LogP contribution in [0, 0.1) is 6.92 Å². The number of benzene rings is 1. The van der Waals surface area contributed by atoms with E-state index >= 15 is 0 Å². The first kappa shape index (κ1) is 13.1. The van der Waals surface area contributed by atoms with Gasteiger partial charge in [-0.1, -0.05) is 16.8 Å². The third kappa shape index (κ3) is 2.92. The third-order valence-corrected chi connectivity index (χ3v) is 2.78. The summed E-state index contributed by atoms with van der Waals surface area (Å²) >= 11 is 5.93. The quantitative estimate of drug-likeness (QED) is 0.389. The van der Waals surface area contributed by atoms with Crippen molar-refractivity contribution in [2.75, 3.05) is 0 Å². The zero-order valence-electron chi connectivity index (χ0n) is 10.0. The number of hydrogen-bond donors (Lipinski definition) is 2. The number of rotatable bonds is 3. The van der Waals surface area contributed by atoms with Crippen molar-refractivity contribution < 1.29 is 9.94 Å². The largest absolute Gasteiger partial charge is 0.437 e. The minimum absolute atomic E-state index is 0.152. The fourth-order valence-electron chi connectivity index (χ4n) is 1.42. The minimum atomic E-state index is -0.172. The zero-order valence-corrected chi connectivity index (χ0v) is 10.8. The molecule has 1 aromatic carbocycles. The summed E-state index contributed by atoms with van der Waals surface area (Å²) in [4.78, 5) is 7.96. The van der Waals surface area contributed by atoms with Crippen molar-refractivity contribution in [3.63, 3.8) is 0 Å². The summed E-state index contributed by atoms with van der Waals surface area (Å²) < 4.78 is 5.56. The maximum atomic E-state index is 8.68. The lowest BCUT2D eigenvalue weighted by Gasteiger charge is -2.08. The molecule has 0 saturated carbocycles. The van der Waals surface area contributed by atoms with Crippen molar-refractivity contribution in [1.82, 2.24) is 9.97 Å². The van der Waals surface area contributed by atoms with E-state index < -0.39 is 0 Å². The maximum absolute atomic E-state index is 8.68. The fourth-order valence-corrected chi connectivity index (χ4v) is 1.53. The van der Waals surface area contributed by atoms with Gasteiger partial charge < -0.3 is 15.7 Å². The highest BCUT2D eigenvalue weighted by molar-refractivity contribution is 6.31. The average Bonchev–Trinajstić information content (AvgIpc) is 2.43. The van der Waals surface area contributed by atoms with Gasteiger partial charge in [-0.15, -0.1) is 0 Å². The van der Waals surface area contributed by atoms with E-state index in [0.717, 1.165) is 5.56 Å². The molecule has 0 bridgehead atoms. The van der Waals surface area contributed by atoms with Gasteiger partial charge in [-0.25, -0.2) is 9.97 Å². The molecule has 0 unspecified atom stereocenters. The van der Waals surface area contributed by atoms with Crippen LogP contribution >= 0.6 is 11.6 Å². The smallest absolute Gasteiger partial charge is 0.249 e. The molecule has 6 nitrogen and oxygen atoms in total. The third-order valence-electron chi connectivity index (χ3n) is 2.36. The van der Waals surface area contributed by atoms with Gasteiger partial charge in [0.15, 0.2) is 11.5 Å². The van der Waals surface area contributed by atoms with E-state index in [1.807, 2.05) is 6.92 Å². The van der Waals surface area contributed by atoms with Gasteiger partial charge in [0.2, 0.25) is 5.88 Å². The van der Waals surface area contributed by atoms with Crippen LogP contribution in [0.15, 0.2) is 35.7 Å². The van der Waals surface area contributed by atoms with Gasteiger partial charge in [0, 0.05) is 17.4 Å². The molecule has 0 radical (unpaired) electrons. The first-order valence-electron chi connectivity index (χ1n) is 5.34. The van der Waals surface area contributed by atoms with E-state index in [4.69, 9.17) is 27.3 Å². The lowest BCUT2D eigenvalue weighted by molar-refractivity contribution is 0.318. The van der Waals surface area contributed by atoms with Gasteiger partial charge >= 0.3 is 0 Å². The van der Waals surface area contributed by atoms with E-state index in [1.54, 1.807) is 18.2 Å². The molecule has 0 amide bonds. The van der Waals surface area contributed by atoms with Gasteiger partial charge in [0.25, 0.3) is 0 Å². The molecule has 0 spiro atoms. The van der Waals surface area contributed by atoms with E-state index in [-0.39, 0.29) is 17.4 Å². The Morgan fingerprint density at radius 3 is 2.79 bits per heavy atom. The van der Waals surface area contributed by atoms with Crippen LogP contribution in [0.4, 0.5) is 0 Å². The molecule has 7 heteroatoms. The topological polar surface area (TPSA) is 93.6 Å². The van der Waals surface area contributed by atoms with Crippen molar-refractivity contribution in [2.24, 2.45) is 10.9 Å². The average molecular weight is 279 g/mol. The van der Waals surface area contributed by atoms with Crippen molar-refractivity contribution in [2.45, 2.75) is 6.92 Å². The molecule has 0 aliphatic carbocycles. The lowest BCUT2D eigenvalue weighted by Crippen LogP contribution is -2.16. The molecule has 3 N–H and O–H groups in total. The normalized spacial score (nSPS) is 11.4. The van der Waals surface area contributed by atoms with E-state index in [2.05, 4.69) is 15.1 Å². The number of amidine groups is 1. The first-order chi connectivity index (χ1) is 9.11. The Balaban J connectivity index is 2.35. The Labute approximate surface area is 114 Å². The molecule has 98 valence electrons. The number of ether oxygens (including phenoxy) is 1. The Kier molecular flexibility index (Phi) is 3.82. The molecular formula is C12H11ClN4O2. The monoisotopic (exact) mass is 278 g/mol. The predicted molar refractivity (Wildman–Crippen MR) is 70.8 cm³/mol. The molecule has 0 atom stereocenters. The van der Waals surface area contributed by atoms with Crippen LogP contribution in [0.5, 0.6) is 11.6 Å². The second-order valence-electron chi connectivity index (χ2n) is 3.71. The van der Waals surface area contributed by atoms with Crippen molar-refractivity contribution in [3.05, 3.63) is 46.9 Å². The van der Waals surface area contributed by atoms with E-state index in [9.17, 15) is 0 Å². The van der Waals surface area contributed by atoms with Crippen molar-refractivity contribution >= 4 is 17.4 Å². The molecule has 0 fully saturated rings. The van der Waals surface area contributed by atoms with Crippen molar-refractivity contribution in [3.8, 4) is 11.6 Å². The molecule has 0 aliphatic rings. The van der Waals surface area contributed by atoms with Crippen LogP contribution < -0.4 is 10.5 Å². The second-order valence-corrected chi connectivity index (χ2v) is 4.12. The summed E-state index contributed by atoms with van der Waals surface area (Å²) in [7, 11) is 0. The van der Waals surface area contributed by atoms with Crippen LogP contribution in [0.3, 0.4) is 0 Å². The fraction of sp³-hybridized carbons (Fsp3) is 0.0833. The zero-order chi connectivity index (χ0) is 13.8. The minimum Gasteiger partial charge on any atom is -0.437 e.